The largest absolute Gasteiger partial charge is 0.0751 e. The van der Waals surface area contributed by atoms with Crippen LogP contribution in [0, 0.1) is 13.8 Å². The van der Waals surface area contributed by atoms with Crippen LogP contribution in [-0.4, -0.2) is 0 Å². The molecule has 224 valence electrons. The van der Waals surface area contributed by atoms with Gasteiger partial charge in [0.15, 0.2) is 0 Å². The van der Waals surface area contributed by atoms with Gasteiger partial charge >= 0.3 is 0 Å². The van der Waals surface area contributed by atoms with Crippen molar-refractivity contribution in [2.45, 2.75) is 31.1 Å². The van der Waals surface area contributed by atoms with Gasteiger partial charge in [-0.3, -0.25) is 0 Å². The van der Waals surface area contributed by atoms with Crippen LogP contribution in [0.1, 0.15) is 56.3 Å². The predicted octanol–water partition coefficient (Wildman–Crippen LogP) is 12.0. The lowest BCUT2D eigenvalue weighted by atomic mass is 9.55. The first-order chi connectivity index (χ1) is 23.1. The lowest BCUT2D eigenvalue weighted by Gasteiger charge is -2.46. The summed E-state index contributed by atoms with van der Waals surface area (Å²) in [7, 11) is 0. The van der Waals surface area contributed by atoms with Gasteiger partial charge in [0.25, 0.3) is 0 Å². The third-order valence-corrected chi connectivity index (χ3v) is 10.7. The van der Waals surface area contributed by atoms with Crippen LogP contribution in [0.15, 0.2) is 164 Å². The number of hydrogen-bond donors (Lipinski definition) is 0. The van der Waals surface area contributed by atoms with Crippen molar-refractivity contribution in [2.75, 3.05) is 0 Å². The van der Waals surface area contributed by atoms with E-state index in [1.165, 1.54) is 77.5 Å². The van der Waals surface area contributed by atoms with Crippen molar-refractivity contribution in [3.05, 3.63) is 208 Å². The molecule has 2 aliphatic rings. The van der Waals surface area contributed by atoms with E-state index < -0.39 is 5.41 Å². The average molecular weight is 601 g/mol. The quantitative estimate of drug-likeness (QED) is 0.184. The third kappa shape index (κ3) is 4.29. The van der Waals surface area contributed by atoms with Crippen molar-refractivity contribution >= 4 is 16.8 Å². The summed E-state index contributed by atoms with van der Waals surface area (Å²) in [6, 6.07) is 59.4. The molecule has 0 bridgehead atoms. The highest BCUT2D eigenvalue weighted by molar-refractivity contribution is 5.88. The summed E-state index contributed by atoms with van der Waals surface area (Å²) >= 11 is 0. The lowest BCUT2D eigenvalue weighted by Crippen LogP contribution is -2.40. The molecule has 0 radical (unpaired) electrons. The van der Waals surface area contributed by atoms with Gasteiger partial charge in [-0.15, -0.1) is 0 Å². The Balaban J connectivity index is 1.31. The van der Waals surface area contributed by atoms with Crippen LogP contribution in [0.5, 0.6) is 0 Å². The van der Waals surface area contributed by atoms with Crippen molar-refractivity contribution in [1.82, 2.24) is 0 Å². The Morgan fingerprint density at radius 2 is 1.00 bits per heavy atom. The number of rotatable bonds is 5. The van der Waals surface area contributed by atoms with Crippen molar-refractivity contribution in [3.8, 4) is 22.3 Å². The second kappa shape index (κ2) is 10.8. The monoisotopic (exact) mass is 600 g/mol. The Bertz CT molecular complexity index is 2230. The molecule has 47 heavy (non-hydrogen) atoms. The fraction of sp³-hybridized carbons (Fsp3) is 0.106. The smallest absolute Gasteiger partial charge is 0.0415 e. The molecule has 1 unspecified atom stereocenters. The second-order valence-electron chi connectivity index (χ2n) is 13.5. The minimum atomic E-state index is -0.393. The summed E-state index contributed by atoms with van der Waals surface area (Å²) in [6.07, 6.45) is 4.88. The van der Waals surface area contributed by atoms with E-state index in [2.05, 4.69) is 184 Å². The number of allylic oxidation sites excluding steroid dienone is 1. The van der Waals surface area contributed by atoms with Crippen LogP contribution in [0.25, 0.3) is 39.1 Å². The van der Waals surface area contributed by atoms with Crippen LogP contribution in [-0.2, 0) is 5.41 Å². The summed E-state index contributed by atoms with van der Waals surface area (Å²) in [6.45, 7) is 4.47. The SMILES string of the molecule is Cc1ccc2c(c1)C(C(c1ccccc1)(c1ccccc1)C1C=Cc3cc(-c4ccc5ccccc5c4)ccc31)c1cc(C)ccc1-2. The first-order valence-corrected chi connectivity index (χ1v) is 16.7. The van der Waals surface area contributed by atoms with Crippen LogP contribution in [0.4, 0.5) is 0 Å². The first kappa shape index (κ1) is 27.8. The van der Waals surface area contributed by atoms with Gasteiger partial charge in [0.05, 0.1) is 0 Å². The van der Waals surface area contributed by atoms with E-state index >= 15 is 0 Å². The zero-order chi connectivity index (χ0) is 31.5. The number of fused-ring (bicyclic) bond motifs is 5. The highest BCUT2D eigenvalue weighted by Crippen LogP contribution is 2.63. The molecule has 7 aromatic carbocycles. The zero-order valence-corrected chi connectivity index (χ0v) is 26.8. The molecule has 7 aromatic rings. The molecule has 0 amide bonds. The molecular formula is C47H36. The van der Waals surface area contributed by atoms with E-state index in [0.29, 0.717) is 0 Å². The van der Waals surface area contributed by atoms with Gasteiger partial charge in [-0.05, 0) is 92.4 Å². The maximum atomic E-state index is 2.50. The Morgan fingerprint density at radius 1 is 0.447 bits per heavy atom. The average Bonchev–Trinajstić information content (AvgIpc) is 3.68. The molecule has 0 heteroatoms. The lowest BCUT2D eigenvalue weighted by molar-refractivity contribution is 0.416. The predicted molar refractivity (Wildman–Crippen MR) is 198 cm³/mol. The minimum Gasteiger partial charge on any atom is -0.0751 e. The second-order valence-corrected chi connectivity index (χ2v) is 13.5. The Hall–Kier alpha value is -5.46. The Morgan fingerprint density at radius 3 is 1.64 bits per heavy atom. The van der Waals surface area contributed by atoms with E-state index in [1.807, 2.05) is 0 Å². The molecule has 0 saturated carbocycles. The number of aryl methyl sites for hydroxylation is 2. The molecule has 0 spiro atoms. The number of benzene rings is 7. The normalized spacial score (nSPS) is 15.1. The van der Waals surface area contributed by atoms with Crippen LogP contribution >= 0.6 is 0 Å². The molecule has 9 rings (SSSR count). The van der Waals surface area contributed by atoms with Gasteiger partial charge in [-0.25, -0.2) is 0 Å². The molecule has 0 saturated heterocycles. The molecule has 0 aromatic heterocycles. The fourth-order valence-electron chi connectivity index (χ4n) is 8.71. The summed E-state index contributed by atoms with van der Waals surface area (Å²) in [5.41, 5.74) is 15.7. The van der Waals surface area contributed by atoms with Gasteiger partial charge in [-0.2, -0.15) is 0 Å². The molecular weight excluding hydrogens is 565 g/mol. The van der Waals surface area contributed by atoms with E-state index in [4.69, 9.17) is 0 Å². The molecule has 1 atom stereocenters. The summed E-state index contributed by atoms with van der Waals surface area (Å²) < 4.78 is 0. The summed E-state index contributed by atoms with van der Waals surface area (Å²) in [5, 5.41) is 2.55. The van der Waals surface area contributed by atoms with Gasteiger partial charge in [0.2, 0.25) is 0 Å². The van der Waals surface area contributed by atoms with E-state index in [-0.39, 0.29) is 11.8 Å². The van der Waals surface area contributed by atoms with Crippen molar-refractivity contribution in [3.63, 3.8) is 0 Å². The van der Waals surface area contributed by atoms with Crippen molar-refractivity contribution < 1.29 is 0 Å². The van der Waals surface area contributed by atoms with E-state index in [9.17, 15) is 0 Å². The van der Waals surface area contributed by atoms with Crippen LogP contribution in [0.3, 0.4) is 0 Å². The topological polar surface area (TPSA) is 0 Å². The maximum Gasteiger partial charge on any atom is 0.0415 e. The maximum absolute atomic E-state index is 2.50. The summed E-state index contributed by atoms with van der Waals surface area (Å²) in [5.74, 6) is 0.246. The Kier molecular flexibility index (Phi) is 6.40. The highest BCUT2D eigenvalue weighted by atomic mass is 14.5. The van der Waals surface area contributed by atoms with Crippen molar-refractivity contribution in [1.29, 1.82) is 0 Å². The van der Waals surface area contributed by atoms with Gasteiger partial charge in [0, 0.05) is 17.3 Å². The van der Waals surface area contributed by atoms with E-state index in [0.717, 1.165) is 0 Å². The minimum absolute atomic E-state index is 0.123. The molecule has 0 nitrogen and oxygen atoms in total. The van der Waals surface area contributed by atoms with Gasteiger partial charge in [-0.1, -0.05) is 169 Å². The molecule has 0 fully saturated rings. The van der Waals surface area contributed by atoms with Crippen LogP contribution in [0.2, 0.25) is 0 Å². The zero-order valence-electron chi connectivity index (χ0n) is 26.8. The third-order valence-electron chi connectivity index (χ3n) is 10.7. The molecule has 0 heterocycles. The van der Waals surface area contributed by atoms with Gasteiger partial charge < -0.3 is 0 Å². The van der Waals surface area contributed by atoms with Crippen molar-refractivity contribution in [2.24, 2.45) is 0 Å². The van der Waals surface area contributed by atoms with Gasteiger partial charge in [0.1, 0.15) is 0 Å². The highest BCUT2D eigenvalue weighted by Gasteiger charge is 2.53. The fourth-order valence-corrected chi connectivity index (χ4v) is 8.71. The summed E-state index contributed by atoms with van der Waals surface area (Å²) in [4.78, 5) is 0. The van der Waals surface area contributed by atoms with E-state index in [1.54, 1.807) is 0 Å². The Labute approximate surface area is 277 Å². The molecule has 0 aliphatic heterocycles. The standard InChI is InChI=1S/C47H36/c1-31-17-23-41-42-24-18-32(2)28-44(42)46(43(41)27-31)47(38-13-5-3-6-14-38,39-15-7-4-8-16-39)45-26-22-37-30-36(21-25-40(37)45)35-20-19-33-11-9-10-12-34(33)29-35/h3-30,45-46H,1-2H3. The van der Waals surface area contributed by atoms with Crippen LogP contribution < -0.4 is 0 Å². The first-order valence-electron chi connectivity index (χ1n) is 16.7. The molecule has 2 aliphatic carbocycles. The molecule has 0 N–H and O–H groups in total. The number of hydrogen-bond acceptors (Lipinski definition) is 0.